The van der Waals surface area contributed by atoms with Crippen molar-refractivity contribution in [3.8, 4) is 22.9 Å². The van der Waals surface area contributed by atoms with Crippen LogP contribution in [0.5, 0.6) is 11.6 Å². The standard InChI is InChI=1S/C12H10N2O4/c1-18-11-7-6-10(15)12(13-11)8-2-4-9(5-3-8)14(16)17/h2-7,15H,1H3. The molecule has 0 aliphatic carbocycles. The van der Waals surface area contributed by atoms with Crippen molar-refractivity contribution in [2.75, 3.05) is 7.11 Å². The number of ether oxygens (including phenoxy) is 1. The molecule has 0 unspecified atom stereocenters. The quantitative estimate of drug-likeness (QED) is 0.663. The molecule has 6 heteroatoms. The number of methoxy groups -OCH3 is 1. The Morgan fingerprint density at radius 2 is 1.89 bits per heavy atom. The summed E-state index contributed by atoms with van der Waals surface area (Å²) < 4.78 is 4.96. The van der Waals surface area contributed by atoms with E-state index in [1.165, 1.54) is 43.5 Å². The molecule has 2 rings (SSSR count). The summed E-state index contributed by atoms with van der Waals surface area (Å²) in [6.45, 7) is 0. The van der Waals surface area contributed by atoms with E-state index in [1.54, 1.807) is 0 Å². The zero-order valence-corrected chi connectivity index (χ0v) is 9.53. The smallest absolute Gasteiger partial charge is 0.269 e. The topological polar surface area (TPSA) is 85.5 Å². The molecular weight excluding hydrogens is 236 g/mol. The lowest BCUT2D eigenvalue weighted by Gasteiger charge is -2.05. The number of nitro benzene ring substituents is 1. The summed E-state index contributed by atoms with van der Waals surface area (Å²) in [7, 11) is 1.47. The van der Waals surface area contributed by atoms with Gasteiger partial charge < -0.3 is 9.84 Å². The minimum atomic E-state index is -0.483. The maximum atomic E-state index is 10.5. The SMILES string of the molecule is COc1ccc(O)c(-c2ccc([N+](=O)[O-])cc2)n1. The minimum Gasteiger partial charge on any atom is -0.506 e. The first kappa shape index (κ1) is 11.8. The Hall–Kier alpha value is -2.63. The molecule has 1 heterocycles. The number of aromatic nitrogens is 1. The third-order valence-electron chi connectivity index (χ3n) is 2.41. The first-order valence-corrected chi connectivity index (χ1v) is 5.10. The largest absolute Gasteiger partial charge is 0.506 e. The minimum absolute atomic E-state index is 0.00958. The van der Waals surface area contributed by atoms with E-state index >= 15 is 0 Å². The van der Waals surface area contributed by atoms with Crippen LogP contribution in [0.1, 0.15) is 0 Å². The maximum absolute atomic E-state index is 10.5. The van der Waals surface area contributed by atoms with E-state index in [0.29, 0.717) is 17.1 Å². The molecular formula is C12H10N2O4. The average Bonchev–Trinajstić information content (AvgIpc) is 2.39. The molecule has 0 bridgehead atoms. The lowest BCUT2D eigenvalue weighted by Crippen LogP contribution is -1.91. The first-order chi connectivity index (χ1) is 8.61. The van der Waals surface area contributed by atoms with Crippen molar-refractivity contribution in [2.24, 2.45) is 0 Å². The predicted molar refractivity (Wildman–Crippen MR) is 64.5 cm³/mol. The summed E-state index contributed by atoms with van der Waals surface area (Å²) in [6, 6.07) is 8.76. The van der Waals surface area contributed by atoms with Crippen LogP contribution in [0.2, 0.25) is 0 Å². The molecule has 1 aromatic heterocycles. The van der Waals surface area contributed by atoms with Crippen LogP contribution in [0.15, 0.2) is 36.4 Å². The van der Waals surface area contributed by atoms with Gasteiger partial charge in [0, 0.05) is 23.8 Å². The van der Waals surface area contributed by atoms with E-state index in [-0.39, 0.29) is 11.4 Å². The molecule has 0 spiro atoms. The highest BCUT2D eigenvalue weighted by molar-refractivity contribution is 5.67. The molecule has 0 radical (unpaired) electrons. The first-order valence-electron chi connectivity index (χ1n) is 5.10. The molecule has 0 fully saturated rings. The Labute approximate surface area is 103 Å². The van der Waals surface area contributed by atoms with Gasteiger partial charge in [-0.15, -0.1) is 0 Å². The van der Waals surface area contributed by atoms with Crippen LogP contribution < -0.4 is 4.74 Å². The zero-order chi connectivity index (χ0) is 13.1. The fourth-order valence-electron chi connectivity index (χ4n) is 1.50. The molecule has 0 atom stereocenters. The molecule has 1 aromatic carbocycles. The van der Waals surface area contributed by atoms with Crippen LogP contribution in [-0.4, -0.2) is 22.1 Å². The Kier molecular flexibility index (Phi) is 3.09. The maximum Gasteiger partial charge on any atom is 0.269 e. The van der Waals surface area contributed by atoms with Gasteiger partial charge in [-0.2, -0.15) is 0 Å². The number of non-ortho nitro benzene ring substituents is 1. The van der Waals surface area contributed by atoms with Crippen molar-refractivity contribution < 1.29 is 14.8 Å². The molecule has 6 nitrogen and oxygen atoms in total. The number of hydrogen-bond acceptors (Lipinski definition) is 5. The number of nitro groups is 1. The van der Waals surface area contributed by atoms with Crippen LogP contribution >= 0.6 is 0 Å². The second-order valence-electron chi connectivity index (χ2n) is 3.53. The van der Waals surface area contributed by atoms with Gasteiger partial charge in [-0.25, -0.2) is 4.98 Å². The Bertz CT molecular complexity index is 581. The van der Waals surface area contributed by atoms with Gasteiger partial charge in [0.05, 0.1) is 12.0 Å². The summed E-state index contributed by atoms with van der Waals surface area (Å²) in [5, 5.41) is 20.2. The number of nitrogens with zero attached hydrogens (tertiary/aromatic N) is 2. The lowest BCUT2D eigenvalue weighted by molar-refractivity contribution is -0.384. The third kappa shape index (κ3) is 2.22. The Morgan fingerprint density at radius 1 is 1.22 bits per heavy atom. The fraction of sp³-hybridized carbons (Fsp3) is 0.0833. The summed E-state index contributed by atoms with van der Waals surface area (Å²) in [4.78, 5) is 14.1. The van der Waals surface area contributed by atoms with E-state index in [9.17, 15) is 15.2 Å². The molecule has 0 saturated heterocycles. The predicted octanol–water partition coefficient (Wildman–Crippen LogP) is 2.37. The Balaban J connectivity index is 2.44. The zero-order valence-electron chi connectivity index (χ0n) is 9.53. The van der Waals surface area contributed by atoms with E-state index in [2.05, 4.69) is 4.98 Å². The highest BCUT2D eigenvalue weighted by Crippen LogP contribution is 2.30. The van der Waals surface area contributed by atoms with Crippen LogP contribution in [0.25, 0.3) is 11.3 Å². The van der Waals surface area contributed by atoms with Gasteiger partial charge in [0.15, 0.2) is 0 Å². The van der Waals surface area contributed by atoms with Gasteiger partial charge in [0.2, 0.25) is 5.88 Å². The molecule has 1 N–H and O–H groups in total. The van der Waals surface area contributed by atoms with Crippen molar-refractivity contribution in [3.63, 3.8) is 0 Å². The van der Waals surface area contributed by atoms with Gasteiger partial charge in [-0.05, 0) is 18.2 Å². The van der Waals surface area contributed by atoms with E-state index in [4.69, 9.17) is 4.74 Å². The molecule has 0 aliphatic heterocycles. The summed E-state index contributed by atoms with van der Waals surface area (Å²) in [5.41, 5.74) is 0.891. The molecule has 18 heavy (non-hydrogen) atoms. The van der Waals surface area contributed by atoms with Crippen molar-refractivity contribution in [1.29, 1.82) is 0 Å². The monoisotopic (exact) mass is 246 g/mol. The number of aromatic hydroxyl groups is 1. The van der Waals surface area contributed by atoms with E-state index in [0.717, 1.165) is 0 Å². The molecule has 92 valence electrons. The lowest BCUT2D eigenvalue weighted by atomic mass is 10.1. The van der Waals surface area contributed by atoms with Gasteiger partial charge >= 0.3 is 0 Å². The van der Waals surface area contributed by atoms with Crippen molar-refractivity contribution in [2.45, 2.75) is 0 Å². The third-order valence-corrected chi connectivity index (χ3v) is 2.41. The number of pyridine rings is 1. The second kappa shape index (κ2) is 4.70. The van der Waals surface area contributed by atoms with Gasteiger partial charge in [-0.1, -0.05) is 0 Å². The van der Waals surface area contributed by atoms with E-state index < -0.39 is 4.92 Å². The highest BCUT2D eigenvalue weighted by atomic mass is 16.6. The fourth-order valence-corrected chi connectivity index (χ4v) is 1.50. The molecule has 0 aliphatic rings. The van der Waals surface area contributed by atoms with Crippen LogP contribution in [0, 0.1) is 10.1 Å². The van der Waals surface area contributed by atoms with E-state index in [1.807, 2.05) is 0 Å². The summed E-state index contributed by atoms with van der Waals surface area (Å²) in [5.74, 6) is 0.353. The number of benzene rings is 1. The summed E-state index contributed by atoms with van der Waals surface area (Å²) >= 11 is 0. The molecule has 2 aromatic rings. The number of rotatable bonds is 3. The number of hydrogen-bond donors (Lipinski definition) is 1. The molecule has 0 saturated carbocycles. The van der Waals surface area contributed by atoms with Crippen molar-refractivity contribution >= 4 is 5.69 Å². The molecule has 0 amide bonds. The second-order valence-corrected chi connectivity index (χ2v) is 3.53. The normalized spacial score (nSPS) is 10.1. The van der Waals surface area contributed by atoms with Crippen LogP contribution in [-0.2, 0) is 0 Å². The average molecular weight is 246 g/mol. The Morgan fingerprint density at radius 3 is 2.44 bits per heavy atom. The summed E-state index contributed by atoms with van der Waals surface area (Å²) in [6.07, 6.45) is 0. The van der Waals surface area contributed by atoms with Gasteiger partial charge in [0.1, 0.15) is 11.4 Å². The van der Waals surface area contributed by atoms with Crippen LogP contribution in [0.3, 0.4) is 0 Å². The van der Waals surface area contributed by atoms with Gasteiger partial charge in [-0.3, -0.25) is 10.1 Å². The van der Waals surface area contributed by atoms with Crippen molar-refractivity contribution in [1.82, 2.24) is 4.98 Å². The van der Waals surface area contributed by atoms with Crippen molar-refractivity contribution in [3.05, 3.63) is 46.5 Å². The van der Waals surface area contributed by atoms with Gasteiger partial charge in [0.25, 0.3) is 5.69 Å². The van der Waals surface area contributed by atoms with Crippen LogP contribution in [0.4, 0.5) is 5.69 Å². The highest BCUT2D eigenvalue weighted by Gasteiger charge is 2.10.